The molecule has 0 radical (unpaired) electrons. The number of hydrogen-bond acceptors (Lipinski definition) is 4. The Morgan fingerprint density at radius 2 is 1.95 bits per heavy atom. The first-order chi connectivity index (χ1) is 8.79. The lowest BCUT2D eigenvalue weighted by molar-refractivity contribution is 0.591. The molecule has 7 heteroatoms. The van der Waals surface area contributed by atoms with E-state index in [1.807, 2.05) is 26.0 Å². The molecule has 1 aromatic carbocycles. The maximum Gasteiger partial charge on any atom is 0.296 e. The van der Waals surface area contributed by atoms with Crippen LogP contribution in [0.3, 0.4) is 0 Å². The van der Waals surface area contributed by atoms with Crippen LogP contribution < -0.4 is 0 Å². The van der Waals surface area contributed by atoms with E-state index >= 15 is 0 Å². The van der Waals surface area contributed by atoms with E-state index in [9.17, 15) is 8.42 Å². The Bertz CT molecular complexity index is 723. The second kappa shape index (κ2) is 4.94. The molecule has 0 amide bonds. The summed E-state index contributed by atoms with van der Waals surface area (Å²) in [7, 11) is 3.02. The average Bonchev–Trinajstić information content (AvgIpc) is 2.65. The molecular formula is C12H14ClN3O2S. The highest BCUT2D eigenvalue weighted by Crippen LogP contribution is 2.17. The van der Waals surface area contributed by atoms with Crippen molar-refractivity contribution >= 4 is 19.7 Å². The van der Waals surface area contributed by atoms with Crippen LogP contribution in [0.2, 0.25) is 0 Å². The van der Waals surface area contributed by atoms with Crippen molar-refractivity contribution in [2.45, 2.75) is 25.4 Å². The van der Waals surface area contributed by atoms with Gasteiger partial charge in [0.05, 0.1) is 0 Å². The minimum Gasteiger partial charge on any atom is -0.304 e. The zero-order chi connectivity index (χ0) is 14.2. The van der Waals surface area contributed by atoms with Crippen LogP contribution in [0, 0.1) is 13.8 Å². The summed E-state index contributed by atoms with van der Waals surface area (Å²) in [6.07, 6.45) is 0.517. The molecule has 0 bridgehead atoms. The fraction of sp³-hybridized carbons (Fsp3) is 0.333. The average molecular weight is 300 g/mol. The number of halogens is 1. The van der Waals surface area contributed by atoms with E-state index in [0.717, 1.165) is 16.7 Å². The summed E-state index contributed by atoms with van der Waals surface area (Å²) in [6.45, 7) is 4.01. The maximum absolute atomic E-state index is 11.3. The quantitative estimate of drug-likeness (QED) is 0.813. The van der Waals surface area contributed by atoms with E-state index in [-0.39, 0.29) is 5.16 Å². The van der Waals surface area contributed by atoms with E-state index in [2.05, 4.69) is 16.3 Å². The standard InChI is InChI=1S/C12H14ClN3O2S/c1-8-4-5-9(2)10(6-8)7-11-14-15-12(16(11)3)19(13,17)18/h4-6H,7H2,1-3H3. The van der Waals surface area contributed by atoms with Gasteiger partial charge in [-0.2, -0.15) is 0 Å². The summed E-state index contributed by atoms with van der Waals surface area (Å²) in [5.41, 5.74) is 3.37. The molecule has 1 heterocycles. The Morgan fingerprint density at radius 1 is 1.26 bits per heavy atom. The maximum atomic E-state index is 11.3. The molecule has 0 N–H and O–H groups in total. The number of rotatable bonds is 3. The van der Waals surface area contributed by atoms with E-state index < -0.39 is 9.05 Å². The zero-order valence-corrected chi connectivity index (χ0v) is 12.5. The molecule has 0 saturated carbocycles. The van der Waals surface area contributed by atoms with Gasteiger partial charge in [-0.15, -0.1) is 10.2 Å². The number of aryl methyl sites for hydroxylation is 2. The van der Waals surface area contributed by atoms with Gasteiger partial charge in [0.25, 0.3) is 14.2 Å². The Balaban J connectivity index is 2.40. The largest absolute Gasteiger partial charge is 0.304 e. The van der Waals surface area contributed by atoms with Crippen LogP contribution in [0.25, 0.3) is 0 Å². The van der Waals surface area contributed by atoms with Gasteiger partial charge in [-0.3, -0.25) is 0 Å². The topological polar surface area (TPSA) is 64.8 Å². The Morgan fingerprint density at radius 3 is 2.53 bits per heavy atom. The van der Waals surface area contributed by atoms with E-state index in [1.54, 1.807) is 7.05 Å². The first-order valence-corrected chi connectivity index (χ1v) is 7.99. The van der Waals surface area contributed by atoms with Crippen molar-refractivity contribution in [3.63, 3.8) is 0 Å². The summed E-state index contributed by atoms with van der Waals surface area (Å²) in [5, 5.41) is 7.30. The molecule has 0 fully saturated rings. The van der Waals surface area contributed by atoms with Gasteiger partial charge >= 0.3 is 0 Å². The van der Waals surface area contributed by atoms with Gasteiger partial charge in [0, 0.05) is 24.2 Å². The van der Waals surface area contributed by atoms with Gasteiger partial charge in [-0.25, -0.2) is 8.42 Å². The molecular weight excluding hydrogens is 286 g/mol. The Hall–Kier alpha value is -1.40. The normalized spacial score (nSPS) is 11.8. The van der Waals surface area contributed by atoms with Crippen LogP contribution in [0.4, 0.5) is 0 Å². The highest BCUT2D eigenvalue weighted by molar-refractivity contribution is 8.13. The third-order valence-corrected chi connectivity index (χ3v) is 4.20. The fourth-order valence-electron chi connectivity index (χ4n) is 1.87. The number of benzene rings is 1. The molecule has 0 aliphatic rings. The van der Waals surface area contributed by atoms with Crippen molar-refractivity contribution in [2.75, 3.05) is 0 Å². The molecule has 2 aromatic rings. The minimum atomic E-state index is -3.86. The monoisotopic (exact) mass is 299 g/mol. The number of nitrogens with zero attached hydrogens (tertiary/aromatic N) is 3. The van der Waals surface area contributed by atoms with Gasteiger partial charge in [-0.1, -0.05) is 23.8 Å². The van der Waals surface area contributed by atoms with Crippen LogP contribution in [-0.4, -0.2) is 23.2 Å². The summed E-state index contributed by atoms with van der Waals surface area (Å²) in [6, 6.07) is 6.11. The predicted octanol–water partition coefficient (Wildman–Crippen LogP) is 1.95. The molecule has 1 aromatic heterocycles. The molecule has 2 rings (SSSR count). The molecule has 0 spiro atoms. The van der Waals surface area contributed by atoms with Crippen molar-refractivity contribution < 1.29 is 8.42 Å². The van der Waals surface area contributed by atoms with Crippen LogP contribution in [0.15, 0.2) is 23.4 Å². The van der Waals surface area contributed by atoms with Crippen molar-refractivity contribution in [3.05, 3.63) is 40.7 Å². The van der Waals surface area contributed by atoms with E-state index in [4.69, 9.17) is 10.7 Å². The zero-order valence-electron chi connectivity index (χ0n) is 10.9. The van der Waals surface area contributed by atoms with Crippen molar-refractivity contribution in [1.82, 2.24) is 14.8 Å². The lowest BCUT2D eigenvalue weighted by atomic mass is 10.0. The van der Waals surface area contributed by atoms with E-state index in [1.165, 1.54) is 4.57 Å². The third-order valence-electron chi connectivity index (χ3n) is 3.00. The van der Waals surface area contributed by atoms with Gasteiger partial charge in [-0.05, 0) is 25.0 Å². The Kier molecular flexibility index (Phi) is 3.64. The molecule has 0 aliphatic carbocycles. The predicted molar refractivity (Wildman–Crippen MR) is 72.8 cm³/mol. The molecule has 0 atom stereocenters. The smallest absolute Gasteiger partial charge is 0.296 e. The van der Waals surface area contributed by atoms with Gasteiger partial charge in [0.2, 0.25) is 0 Å². The first-order valence-electron chi connectivity index (χ1n) is 5.68. The Labute approximate surface area is 116 Å². The van der Waals surface area contributed by atoms with Crippen molar-refractivity contribution in [2.24, 2.45) is 7.05 Å². The van der Waals surface area contributed by atoms with Crippen molar-refractivity contribution in [1.29, 1.82) is 0 Å². The van der Waals surface area contributed by atoms with Crippen LogP contribution >= 0.6 is 10.7 Å². The lowest BCUT2D eigenvalue weighted by Crippen LogP contribution is -2.06. The molecule has 5 nitrogen and oxygen atoms in total. The SMILES string of the molecule is Cc1ccc(C)c(Cc2nnc(S(=O)(=O)Cl)n2C)c1. The highest BCUT2D eigenvalue weighted by atomic mass is 35.7. The summed E-state index contributed by atoms with van der Waals surface area (Å²) < 4.78 is 24.0. The molecule has 19 heavy (non-hydrogen) atoms. The number of aromatic nitrogens is 3. The summed E-state index contributed by atoms with van der Waals surface area (Å²) in [4.78, 5) is 0. The second-order valence-corrected chi connectivity index (χ2v) is 6.96. The molecule has 102 valence electrons. The minimum absolute atomic E-state index is 0.227. The fourth-order valence-corrected chi connectivity index (χ4v) is 2.85. The van der Waals surface area contributed by atoms with Crippen LogP contribution in [-0.2, 0) is 22.5 Å². The lowest BCUT2D eigenvalue weighted by Gasteiger charge is -2.07. The van der Waals surface area contributed by atoms with E-state index in [0.29, 0.717) is 12.2 Å². The van der Waals surface area contributed by atoms with Crippen LogP contribution in [0.1, 0.15) is 22.5 Å². The first kappa shape index (κ1) is 14.0. The van der Waals surface area contributed by atoms with Gasteiger partial charge in [0.1, 0.15) is 5.82 Å². The van der Waals surface area contributed by atoms with Gasteiger partial charge in [0.15, 0.2) is 0 Å². The summed E-state index contributed by atoms with van der Waals surface area (Å²) in [5.74, 6) is 0.563. The number of hydrogen-bond donors (Lipinski definition) is 0. The molecule has 0 saturated heterocycles. The molecule has 0 aliphatic heterocycles. The summed E-state index contributed by atoms with van der Waals surface area (Å²) >= 11 is 0. The van der Waals surface area contributed by atoms with Crippen LogP contribution in [0.5, 0.6) is 0 Å². The second-order valence-electron chi connectivity index (χ2n) is 4.50. The highest BCUT2D eigenvalue weighted by Gasteiger charge is 2.20. The third kappa shape index (κ3) is 2.96. The molecule has 0 unspecified atom stereocenters. The van der Waals surface area contributed by atoms with Gasteiger partial charge < -0.3 is 4.57 Å². The van der Waals surface area contributed by atoms with Crippen molar-refractivity contribution in [3.8, 4) is 0 Å².